The first kappa shape index (κ1) is 9.58. The maximum atomic E-state index is 9.13. The van der Waals surface area contributed by atoms with E-state index in [-0.39, 0.29) is 0 Å². The molecule has 2 heteroatoms. The molecule has 0 bridgehead atoms. The summed E-state index contributed by atoms with van der Waals surface area (Å²) in [7, 11) is 0. The normalized spacial score (nSPS) is 12.7. The van der Waals surface area contributed by atoms with Crippen LogP contribution in [0.15, 0.2) is 42.5 Å². The molecule has 1 aliphatic carbocycles. The van der Waals surface area contributed by atoms with Crippen molar-refractivity contribution in [2.45, 2.75) is 12.7 Å². The molecule has 0 radical (unpaired) electrons. The van der Waals surface area contributed by atoms with Crippen molar-refractivity contribution in [3.05, 3.63) is 59.2 Å². The van der Waals surface area contributed by atoms with E-state index in [0.29, 0.717) is 5.56 Å². The number of benzene rings is 2. The lowest BCUT2D eigenvalue weighted by atomic mass is 10.0. The van der Waals surface area contributed by atoms with Crippen LogP contribution in [0, 0.1) is 0 Å². The summed E-state index contributed by atoms with van der Waals surface area (Å²) in [6, 6.07) is 13.9. The molecule has 0 unspecified atom stereocenters. The van der Waals surface area contributed by atoms with Crippen LogP contribution in [-0.4, -0.2) is 10.2 Å². The highest BCUT2D eigenvalue weighted by Crippen LogP contribution is 2.37. The number of rotatable bonds is 1. The summed E-state index contributed by atoms with van der Waals surface area (Å²) in [6.45, 7) is 0. The highest BCUT2D eigenvalue weighted by Gasteiger charge is 2.18. The van der Waals surface area contributed by atoms with Gasteiger partial charge in [-0.05, 0) is 34.7 Å². The molecule has 0 spiro atoms. The van der Waals surface area contributed by atoms with Crippen molar-refractivity contribution in [2.75, 3.05) is 0 Å². The first-order valence-corrected chi connectivity index (χ1v) is 5.33. The minimum atomic E-state index is -1.38. The van der Waals surface area contributed by atoms with E-state index < -0.39 is 6.29 Å². The molecular weight excluding hydrogens is 200 g/mol. The fourth-order valence-corrected chi connectivity index (χ4v) is 2.33. The SMILES string of the molecule is OC(O)c1ccc2c(c1)Cc1ccccc1-2. The van der Waals surface area contributed by atoms with Crippen molar-refractivity contribution in [1.29, 1.82) is 0 Å². The molecule has 0 aliphatic heterocycles. The second kappa shape index (κ2) is 3.44. The van der Waals surface area contributed by atoms with Crippen molar-refractivity contribution < 1.29 is 10.2 Å². The van der Waals surface area contributed by atoms with Gasteiger partial charge >= 0.3 is 0 Å². The molecule has 0 aromatic heterocycles. The van der Waals surface area contributed by atoms with Gasteiger partial charge in [-0.25, -0.2) is 0 Å². The van der Waals surface area contributed by atoms with Crippen LogP contribution in [0.25, 0.3) is 11.1 Å². The summed E-state index contributed by atoms with van der Waals surface area (Å²) in [4.78, 5) is 0. The highest BCUT2D eigenvalue weighted by atomic mass is 16.5. The van der Waals surface area contributed by atoms with E-state index in [0.717, 1.165) is 6.42 Å². The predicted molar refractivity (Wildman–Crippen MR) is 61.9 cm³/mol. The molecule has 0 heterocycles. The van der Waals surface area contributed by atoms with Crippen molar-refractivity contribution >= 4 is 0 Å². The van der Waals surface area contributed by atoms with Crippen LogP contribution >= 0.6 is 0 Å². The average molecular weight is 212 g/mol. The van der Waals surface area contributed by atoms with Gasteiger partial charge in [-0.2, -0.15) is 0 Å². The Balaban J connectivity index is 2.14. The summed E-state index contributed by atoms with van der Waals surface area (Å²) in [5.74, 6) is 0. The van der Waals surface area contributed by atoms with Crippen LogP contribution in [0.1, 0.15) is 23.0 Å². The van der Waals surface area contributed by atoms with Gasteiger partial charge in [0, 0.05) is 5.56 Å². The molecule has 0 saturated heterocycles. The Bertz CT molecular complexity index is 544. The van der Waals surface area contributed by atoms with Gasteiger partial charge in [0.1, 0.15) is 0 Å². The molecule has 3 rings (SSSR count). The second-order valence-electron chi connectivity index (χ2n) is 4.12. The Labute approximate surface area is 93.8 Å². The van der Waals surface area contributed by atoms with Gasteiger partial charge in [-0.1, -0.05) is 36.4 Å². The molecule has 80 valence electrons. The quantitative estimate of drug-likeness (QED) is 0.607. The van der Waals surface area contributed by atoms with Crippen LogP contribution in [0.4, 0.5) is 0 Å². The van der Waals surface area contributed by atoms with Crippen molar-refractivity contribution in [1.82, 2.24) is 0 Å². The monoisotopic (exact) mass is 212 g/mol. The van der Waals surface area contributed by atoms with Crippen LogP contribution in [-0.2, 0) is 6.42 Å². The van der Waals surface area contributed by atoms with E-state index in [1.807, 2.05) is 24.3 Å². The molecule has 2 aromatic carbocycles. The molecule has 2 N–H and O–H groups in total. The predicted octanol–water partition coefficient (Wildman–Crippen LogP) is 2.24. The fraction of sp³-hybridized carbons (Fsp3) is 0.143. The third kappa shape index (κ3) is 1.35. The smallest absolute Gasteiger partial charge is 0.178 e. The molecule has 0 saturated carbocycles. The third-order valence-corrected chi connectivity index (χ3v) is 3.12. The zero-order valence-corrected chi connectivity index (χ0v) is 8.72. The van der Waals surface area contributed by atoms with E-state index in [2.05, 4.69) is 12.1 Å². The maximum Gasteiger partial charge on any atom is 0.178 e. The van der Waals surface area contributed by atoms with E-state index in [1.54, 1.807) is 6.07 Å². The molecule has 16 heavy (non-hydrogen) atoms. The van der Waals surface area contributed by atoms with E-state index in [9.17, 15) is 0 Å². The fourth-order valence-electron chi connectivity index (χ4n) is 2.33. The Kier molecular flexibility index (Phi) is 2.06. The lowest BCUT2D eigenvalue weighted by Gasteiger charge is -2.06. The lowest BCUT2D eigenvalue weighted by molar-refractivity contribution is -0.0425. The first-order valence-electron chi connectivity index (χ1n) is 5.33. The largest absolute Gasteiger partial charge is 0.364 e. The minimum Gasteiger partial charge on any atom is -0.364 e. The number of hydrogen-bond acceptors (Lipinski definition) is 2. The Morgan fingerprint density at radius 2 is 1.62 bits per heavy atom. The van der Waals surface area contributed by atoms with Crippen LogP contribution in [0.2, 0.25) is 0 Å². The van der Waals surface area contributed by atoms with Gasteiger partial charge < -0.3 is 10.2 Å². The minimum absolute atomic E-state index is 0.562. The van der Waals surface area contributed by atoms with E-state index in [1.165, 1.54) is 22.3 Å². The summed E-state index contributed by atoms with van der Waals surface area (Å²) in [5, 5.41) is 18.3. The molecule has 0 amide bonds. The van der Waals surface area contributed by atoms with E-state index in [4.69, 9.17) is 10.2 Å². The molecular formula is C14H12O2. The summed E-state index contributed by atoms with van der Waals surface area (Å²) in [6.07, 6.45) is -0.500. The van der Waals surface area contributed by atoms with Crippen molar-refractivity contribution in [2.24, 2.45) is 0 Å². The third-order valence-electron chi connectivity index (χ3n) is 3.12. The highest BCUT2D eigenvalue weighted by molar-refractivity contribution is 5.76. The summed E-state index contributed by atoms with van der Waals surface area (Å²) < 4.78 is 0. The molecule has 2 aromatic rings. The van der Waals surface area contributed by atoms with Gasteiger partial charge in [0.15, 0.2) is 6.29 Å². The summed E-state index contributed by atoms with van der Waals surface area (Å²) in [5.41, 5.74) is 5.51. The number of aliphatic hydroxyl groups excluding tert-OH is 1. The standard InChI is InChI=1S/C14H12O2/c15-14(16)10-5-6-13-11(8-10)7-9-3-1-2-4-12(9)13/h1-6,8,14-16H,7H2. The zero-order chi connectivity index (χ0) is 11.1. The molecule has 0 atom stereocenters. The summed E-state index contributed by atoms with van der Waals surface area (Å²) >= 11 is 0. The van der Waals surface area contributed by atoms with E-state index >= 15 is 0 Å². The zero-order valence-electron chi connectivity index (χ0n) is 8.72. The Morgan fingerprint density at radius 3 is 2.44 bits per heavy atom. The van der Waals surface area contributed by atoms with Gasteiger partial charge in [0.2, 0.25) is 0 Å². The first-order chi connectivity index (χ1) is 7.75. The molecule has 2 nitrogen and oxygen atoms in total. The Morgan fingerprint density at radius 1 is 0.875 bits per heavy atom. The Hall–Kier alpha value is -1.64. The van der Waals surface area contributed by atoms with Crippen LogP contribution in [0.5, 0.6) is 0 Å². The molecule has 0 fully saturated rings. The second-order valence-corrected chi connectivity index (χ2v) is 4.12. The number of aliphatic hydroxyl groups is 2. The molecule has 1 aliphatic rings. The van der Waals surface area contributed by atoms with Gasteiger partial charge in [0.25, 0.3) is 0 Å². The van der Waals surface area contributed by atoms with Crippen molar-refractivity contribution in [3.63, 3.8) is 0 Å². The maximum absolute atomic E-state index is 9.13. The van der Waals surface area contributed by atoms with Gasteiger partial charge in [-0.3, -0.25) is 0 Å². The lowest BCUT2D eigenvalue weighted by Crippen LogP contribution is -1.95. The van der Waals surface area contributed by atoms with Gasteiger partial charge in [-0.15, -0.1) is 0 Å². The average Bonchev–Trinajstić information content (AvgIpc) is 2.66. The van der Waals surface area contributed by atoms with Crippen molar-refractivity contribution in [3.8, 4) is 11.1 Å². The number of hydrogen-bond donors (Lipinski definition) is 2. The van der Waals surface area contributed by atoms with Crippen LogP contribution < -0.4 is 0 Å². The van der Waals surface area contributed by atoms with Crippen LogP contribution in [0.3, 0.4) is 0 Å². The topological polar surface area (TPSA) is 40.5 Å². The number of fused-ring (bicyclic) bond motifs is 3. The van der Waals surface area contributed by atoms with Gasteiger partial charge in [0.05, 0.1) is 0 Å².